The summed E-state index contributed by atoms with van der Waals surface area (Å²) in [5.41, 5.74) is -6.61. The third-order valence-electron chi connectivity index (χ3n) is 6.12. The van der Waals surface area contributed by atoms with Crippen LogP contribution in [0.25, 0.3) is 12.2 Å². The van der Waals surface area contributed by atoms with Crippen molar-refractivity contribution in [2.24, 2.45) is 0 Å². The molecule has 220 valence electrons. The Morgan fingerprint density at radius 2 is 1.07 bits per heavy atom. The molecule has 1 aliphatic rings. The molecule has 1 heterocycles. The standard InChI is InChI=1S/C28H24F6O7/c1-37-23(35)21-22(24(36)38-2)28(39-3,40-4)41-25(21,15-13-17-9-5-7-11-19(17)26(29,30)31)16-14-18-10-6-8-12-20(18)27(32,33)34/h5-16H,1-4H3/b15-13+,16-14+. The van der Waals surface area contributed by atoms with E-state index in [1.165, 1.54) is 12.1 Å². The van der Waals surface area contributed by atoms with Gasteiger partial charge in [-0.25, -0.2) is 9.59 Å². The van der Waals surface area contributed by atoms with E-state index in [1.807, 2.05) is 0 Å². The number of carbonyl (C=O) groups excluding carboxylic acids is 2. The topological polar surface area (TPSA) is 80.3 Å². The largest absolute Gasteiger partial charge is 0.466 e. The van der Waals surface area contributed by atoms with E-state index in [4.69, 9.17) is 23.7 Å². The number of hydrogen-bond donors (Lipinski definition) is 0. The normalized spacial score (nSPS) is 16.9. The molecule has 0 fully saturated rings. The van der Waals surface area contributed by atoms with Gasteiger partial charge in [-0.05, 0) is 35.4 Å². The van der Waals surface area contributed by atoms with Crippen LogP contribution in [0.1, 0.15) is 22.3 Å². The number of benzene rings is 2. The first-order chi connectivity index (χ1) is 19.2. The summed E-state index contributed by atoms with van der Waals surface area (Å²) >= 11 is 0. The molecular formula is C28H24F6O7. The van der Waals surface area contributed by atoms with Gasteiger partial charge in [0.15, 0.2) is 0 Å². The van der Waals surface area contributed by atoms with Crippen molar-refractivity contribution in [1.82, 2.24) is 0 Å². The van der Waals surface area contributed by atoms with Crippen LogP contribution in [0.3, 0.4) is 0 Å². The van der Waals surface area contributed by atoms with Gasteiger partial charge in [-0.15, -0.1) is 0 Å². The van der Waals surface area contributed by atoms with E-state index >= 15 is 0 Å². The highest BCUT2D eigenvalue weighted by atomic mass is 19.4. The summed E-state index contributed by atoms with van der Waals surface area (Å²) < 4.78 is 108. The molecule has 2 aromatic carbocycles. The van der Waals surface area contributed by atoms with Gasteiger partial charge in [0, 0.05) is 14.2 Å². The van der Waals surface area contributed by atoms with E-state index in [-0.39, 0.29) is 11.1 Å². The van der Waals surface area contributed by atoms with Crippen LogP contribution in [-0.4, -0.2) is 52.0 Å². The summed E-state index contributed by atoms with van der Waals surface area (Å²) in [4.78, 5) is 26.1. The Labute approximate surface area is 230 Å². The second kappa shape index (κ2) is 11.9. The van der Waals surface area contributed by atoms with Gasteiger partial charge < -0.3 is 23.7 Å². The van der Waals surface area contributed by atoms with Gasteiger partial charge in [-0.2, -0.15) is 26.3 Å². The number of ether oxygens (including phenoxy) is 5. The Morgan fingerprint density at radius 3 is 1.44 bits per heavy atom. The van der Waals surface area contributed by atoms with Crippen LogP contribution < -0.4 is 0 Å². The Hall–Kier alpha value is -3.94. The Kier molecular flexibility index (Phi) is 9.16. The molecule has 0 N–H and O–H groups in total. The van der Waals surface area contributed by atoms with Crippen LogP contribution in [0, 0.1) is 0 Å². The molecule has 0 atom stereocenters. The van der Waals surface area contributed by atoms with Gasteiger partial charge in [0.1, 0.15) is 11.2 Å². The quantitative estimate of drug-likeness (QED) is 0.220. The Morgan fingerprint density at radius 1 is 0.683 bits per heavy atom. The van der Waals surface area contributed by atoms with Crippen molar-refractivity contribution >= 4 is 24.1 Å². The average molecular weight is 586 g/mol. The zero-order chi connectivity index (χ0) is 30.6. The molecule has 1 aliphatic heterocycles. The minimum Gasteiger partial charge on any atom is -0.466 e. The maximum Gasteiger partial charge on any atom is 0.416 e. The molecule has 0 unspecified atom stereocenters. The summed E-state index contributed by atoms with van der Waals surface area (Å²) in [6.45, 7) is 0. The first-order valence-corrected chi connectivity index (χ1v) is 11.6. The average Bonchev–Trinajstić information content (AvgIpc) is 3.24. The van der Waals surface area contributed by atoms with Gasteiger partial charge in [-0.1, -0.05) is 48.6 Å². The van der Waals surface area contributed by atoms with E-state index in [1.54, 1.807) is 0 Å². The molecule has 0 saturated carbocycles. The Balaban J connectivity index is 2.41. The molecule has 0 aliphatic carbocycles. The van der Waals surface area contributed by atoms with Gasteiger partial charge in [0.25, 0.3) is 0 Å². The summed E-state index contributed by atoms with van der Waals surface area (Å²) in [6, 6.07) is 8.81. The van der Waals surface area contributed by atoms with Gasteiger partial charge >= 0.3 is 30.3 Å². The van der Waals surface area contributed by atoms with Crippen molar-refractivity contribution in [3.05, 3.63) is 94.1 Å². The van der Waals surface area contributed by atoms with Gasteiger partial charge in [0.2, 0.25) is 0 Å². The van der Waals surface area contributed by atoms with Crippen LogP contribution in [0.5, 0.6) is 0 Å². The molecule has 7 nitrogen and oxygen atoms in total. The number of alkyl halides is 6. The summed E-state index contributed by atoms with van der Waals surface area (Å²) in [6.07, 6.45) is -5.82. The van der Waals surface area contributed by atoms with E-state index in [2.05, 4.69) is 0 Å². The molecule has 0 bridgehead atoms. The summed E-state index contributed by atoms with van der Waals surface area (Å²) in [5, 5.41) is 0. The van der Waals surface area contributed by atoms with Crippen LogP contribution in [0.15, 0.2) is 71.8 Å². The zero-order valence-electron chi connectivity index (χ0n) is 22.1. The molecule has 0 aromatic heterocycles. The maximum atomic E-state index is 13.7. The highest BCUT2D eigenvalue weighted by molar-refractivity contribution is 6.05. The van der Waals surface area contributed by atoms with Gasteiger partial charge in [-0.3, -0.25) is 0 Å². The number of hydrogen-bond acceptors (Lipinski definition) is 7. The third-order valence-corrected chi connectivity index (χ3v) is 6.12. The lowest BCUT2D eigenvalue weighted by atomic mass is 9.88. The van der Waals surface area contributed by atoms with E-state index in [0.29, 0.717) is 0 Å². The lowest BCUT2D eigenvalue weighted by Crippen LogP contribution is -2.42. The molecule has 2 aromatic rings. The van der Waals surface area contributed by atoms with Crippen molar-refractivity contribution < 1.29 is 59.6 Å². The number of methoxy groups -OCH3 is 4. The molecule has 0 spiro atoms. The smallest absolute Gasteiger partial charge is 0.416 e. The van der Waals surface area contributed by atoms with Crippen molar-refractivity contribution in [3.8, 4) is 0 Å². The molecule has 3 rings (SSSR count). The summed E-state index contributed by atoms with van der Waals surface area (Å²) in [5.74, 6) is -4.92. The van der Waals surface area contributed by atoms with E-state index in [9.17, 15) is 35.9 Å². The number of carbonyl (C=O) groups is 2. The molecule has 0 radical (unpaired) electrons. The second-order valence-corrected chi connectivity index (χ2v) is 8.43. The van der Waals surface area contributed by atoms with Crippen molar-refractivity contribution in [2.75, 3.05) is 28.4 Å². The van der Waals surface area contributed by atoms with Crippen LogP contribution in [0.2, 0.25) is 0 Å². The number of esters is 2. The molecule has 41 heavy (non-hydrogen) atoms. The highest BCUT2D eigenvalue weighted by Crippen LogP contribution is 2.48. The van der Waals surface area contributed by atoms with E-state index in [0.717, 1.165) is 89.1 Å². The van der Waals surface area contributed by atoms with Crippen LogP contribution in [0.4, 0.5) is 26.3 Å². The monoisotopic (exact) mass is 586 g/mol. The summed E-state index contributed by atoms with van der Waals surface area (Å²) in [7, 11) is 3.97. The lowest BCUT2D eigenvalue weighted by Gasteiger charge is -2.31. The third kappa shape index (κ3) is 6.21. The van der Waals surface area contributed by atoms with Crippen LogP contribution in [-0.2, 0) is 45.6 Å². The zero-order valence-corrected chi connectivity index (χ0v) is 22.1. The minimum absolute atomic E-state index is 0.386. The van der Waals surface area contributed by atoms with Crippen LogP contribution >= 0.6 is 0 Å². The van der Waals surface area contributed by atoms with Crippen molar-refractivity contribution in [2.45, 2.75) is 23.9 Å². The SMILES string of the molecule is COC(=O)C1=C(C(=O)OC)C(OC)(OC)OC1(/C=C/c1ccccc1C(F)(F)F)/C=C/c1ccccc1C(F)(F)F. The molecule has 0 saturated heterocycles. The lowest BCUT2D eigenvalue weighted by molar-refractivity contribution is -0.341. The first kappa shape index (κ1) is 31.6. The minimum atomic E-state index is -4.78. The number of halogens is 6. The Bertz CT molecular complexity index is 1320. The van der Waals surface area contributed by atoms with Gasteiger partial charge in [0.05, 0.1) is 30.9 Å². The fourth-order valence-corrected chi connectivity index (χ4v) is 4.25. The predicted molar refractivity (Wildman–Crippen MR) is 133 cm³/mol. The molecule has 0 amide bonds. The van der Waals surface area contributed by atoms with Crippen molar-refractivity contribution in [1.29, 1.82) is 0 Å². The fourth-order valence-electron chi connectivity index (χ4n) is 4.25. The van der Waals surface area contributed by atoms with Crippen molar-refractivity contribution in [3.63, 3.8) is 0 Å². The molecular weight excluding hydrogens is 562 g/mol. The maximum absolute atomic E-state index is 13.7. The second-order valence-electron chi connectivity index (χ2n) is 8.43. The van der Waals surface area contributed by atoms with E-state index < -0.39 is 58.1 Å². The predicted octanol–water partition coefficient (Wildman–Crippen LogP) is 5.81. The molecule has 13 heteroatoms. The number of rotatable bonds is 8. The highest BCUT2D eigenvalue weighted by Gasteiger charge is 2.60. The first-order valence-electron chi connectivity index (χ1n) is 11.6. The fraction of sp³-hybridized carbons (Fsp3) is 0.286.